The molecular weight excluding hydrogens is 92.1 g/mol. The van der Waals surface area contributed by atoms with Crippen LogP contribution >= 0.6 is 11.8 Å². The third-order valence-electron chi connectivity index (χ3n) is 1.68. The number of hydrogen-bond donors (Lipinski definition) is 0. The molecule has 1 aliphatic heterocycles. The predicted molar refractivity (Wildman–Crippen MR) is 29.0 cm³/mol. The van der Waals surface area contributed by atoms with Crippen LogP contribution in [0, 0.1) is 5.92 Å². The van der Waals surface area contributed by atoms with Crippen molar-refractivity contribution in [2.75, 3.05) is 5.75 Å². The zero-order valence-electron chi connectivity index (χ0n) is 3.68. The maximum atomic E-state index is 2.17. The van der Waals surface area contributed by atoms with E-state index in [0.717, 1.165) is 5.25 Å². The Morgan fingerprint density at radius 2 is 2.50 bits per heavy atom. The Labute approximate surface area is 42.3 Å². The van der Waals surface area contributed by atoms with Gasteiger partial charge < -0.3 is 0 Å². The molecule has 0 spiro atoms. The summed E-state index contributed by atoms with van der Waals surface area (Å²) in [4.78, 5) is 0. The van der Waals surface area contributed by atoms with Crippen LogP contribution < -0.4 is 0 Å². The maximum absolute atomic E-state index is 2.17. The van der Waals surface area contributed by atoms with Crippen molar-refractivity contribution >= 4 is 11.8 Å². The molecule has 0 radical (unpaired) electrons. The molecule has 0 bridgehead atoms. The second kappa shape index (κ2) is 0.945. The first-order valence-electron chi connectivity index (χ1n) is 2.58. The zero-order chi connectivity index (χ0) is 3.98. The molecule has 0 nitrogen and oxygen atoms in total. The fourth-order valence-corrected chi connectivity index (χ4v) is 2.63. The van der Waals surface area contributed by atoms with Gasteiger partial charge in [0, 0.05) is 5.25 Å². The standard InChI is InChI=1S/C5H8S/c1-2-6-5-3-4(1)5/h4-5H,1-3H2/t4?,5-/m1/s1. The summed E-state index contributed by atoms with van der Waals surface area (Å²) in [5.41, 5.74) is 0. The molecule has 1 unspecified atom stereocenters. The Morgan fingerprint density at radius 3 is 2.67 bits per heavy atom. The van der Waals surface area contributed by atoms with Gasteiger partial charge in [-0.3, -0.25) is 0 Å². The molecule has 1 saturated carbocycles. The van der Waals surface area contributed by atoms with Crippen LogP contribution in [0.3, 0.4) is 0 Å². The van der Waals surface area contributed by atoms with Crippen molar-refractivity contribution in [1.29, 1.82) is 0 Å². The highest BCUT2D eigenvalue weighted by molar-refractivity contribution is 8.00. The van der Waals surface area contributed by atoms with Crippen molar-refractivity contribution in [1.82, 2.24) is 0 Å². The number of thioether (sulfide) groups is 1. The molecule has 34 valence electrons. The Bertz CT molecular complexity index is 62.3. The first-order valence-corrected chi connectivity index (χ1v) is 3.63. The summed E-state index contributed by atoms with van der Waals surface area (Å²) in [5.74, 6) is 2.63. The van der Waals surface area contributed by atoms with E-state index in [-0.39, 0.29) is 0 Å². The van der Waals surface area contributed by atoms with E-state index in [1.165, 1.54) is 18.1 Å². The van der Waals surface area contributed by atoms with Gasteiger partial charge in [0.05, 0.1) is 0 Å². The Kier molecular flexibility index (Phi) is 0.530. The lowest BCUT2D eigenvalue weighted by molar-refractivity contribution is 0.835. The summed E-state index contributed by atoms with van der Waals surface area (Å²) in [7, 11) is 0. The van der Waals surface area contributed by atoms with Crippen molar-refractivity contribution in [3.05, 3.63) is 0 Å². The first-order chi connectivity index (χ1) is 2.97. The Balaban J connectivity index is 2.09. The molecule has 2 atom stereocenters. The van der Waals surface area contributed by atoms with E-state index in [2.05, 4.69) is 11.8 Å². The van der Waals surface area contributed by atoms with Gasteiger partial charge in [0.15, 0.2) is 0 Å². The zero-order valence-corrected chi connectivity index (χ0v) is 4.50. The molecule has 2 fully saturated rings. The SMILES string of the molecule is C1CC2C[C@H]2S1. The predicted octanol–water partition coefficient (Wildman–Crippen LogP) is 1.51. The number of fused-ring (bicyclic) bond motifs is 1. The summed E-state index contributed by atoms with van der Waals surface area (Å²) in [6.45, 7) is 0. The average molecular weight is 100 g/mol. The van der Waals surface area contributed by atoms with Gasteiger partial charge in [-0.15, -0.1) is 0 Å². The van der Waals surface area contributed by atoms with Crippen molar-refractivity contribution in [3.8, 4) is 0 Å². The van der Waals surface area contributed by atoms with Crippen LogP contribution in [0.4, 0.5) is 0 Å². The summed E-state index contributed by atoms with van der Waals surface area (Å²) >= 11 is 2.17. The average Bonchev–Trinajstić information content (AvgIpc) is 2.17. The van der Waals surface area contributed by atoms with Crippen molar-refractivity contribution in [2.45, 2.75) is 18.1 Å². The van der Waals surface area contributed by atoms with Gasteiger partial charge in [0.25, 0.3) is 0 Å². The highest BCUT2D eigenvalue weighted by atomic mass is 32.2. The van der Waals surface area contributed by atoms with Crippen LogP contribution in [0.15, 0.2) is 0 Å². The lowest BCUT2D eigenvalue weighted by Crippen LogP contribution is -1.68. The monoisotopic (exact) mass is 100 g/mol. The van der Waals surface area contributed by atoms with Crippen LogP contribution in [0.25, 0.3) is 0 Å². The fraction of sp³-hybridized carbons (Fsp3) is 1.00. The van der Waals surface area contributed by atoms with Crippen LogP contribution in [0.1, 0.15) is 12.8 Å². The molecule has 1 heteroatoms. The van der Waals surface area contributed by atoms with E-state index in [9.17, 15) is 0 Å². The molecule has 1 saturated heterocycles. The Hall–Kier alpha value is 0.350. The van der Waals surface area contributed by atoms with Crippen LogP contribution in [0.2, 0.25) is 0 Å². The highest BCUT2D eigenvalue weighted by Crippen LogP contribution is 2.50. The lowest BCUT2D eigenvalue weighted by atomic mass is 10.3. The van der Waals surface area contributed by atoms with Gasteiger partial charge in [0.1, 0.15) is 0 Å². The summed E-state index contributed by atoms with van der Waals surface area (Å²) in [5, 5.41) is 1.13. The molecule has 0 aromatic heterocycles. The van der Waals surface area contributed by atoms with Crippen molar-refractivity contribution < 1.29 is 0 Å². The Morgan fingerprint density at radius 1 is 1.50 bits per heavy atom. The minimum Gasteiger partial charge on any atom is -0.158 e. The van der Waals surface area contributed by atoms with Gasteiger partial charge in [0.2, 0.25) is 0 Å². The van der Waals surface area contributed by atoms with E-state index in [0.29, 0.717) is 0 Å². The molecular formula is C5H8S. The molecule has 0 aromatic rings. The molecule has 0 N–H and O–H groups in total. The van der Waals surface area contributed by atoms with E-state index >= 15 is 0 Å². The van der Waals surface area contributed by atoms with E-state index in [1.807, 2.05) is 0 Å². The third-order valence-corrected chi connectivity index (χ3v) is 3.16. The van der Waals surface area contributed by atoms with Crippen molar-refractivity contribution in [2.24, 2.45) is 5.92 Å². The third kappa shape index (κ3) is 0.320. The summed E-state index contributed by atoms with van der Waals surface area (Å²) in [6.07, 6.45) is 3.07. The minimum absolute atomic E-state index is 1.13. The summed E-state index contributed by atoms with van der Waals surface area (Å²) < 4.78 is 0. The number of rotatable bonds is 0. The maximum Gasteiger partial charge on any atom is 0.00790 e. The van der Waals surface area contributed by atoms with E-state index in [4.69, 9.17) is 0 Å². The molecule has 1 aliphatic carbocycles. The van der Waals surface area contributed by atoms with Crippen molar-refractivity contribution in [3.63, 3.8) is 0 Å². The van der Waals surface area contributed by atoms with Gasteiger partial charge in [-0.05, 0) is 24.5 Å². The smallest absolute Gasteiger partial charge is 0.00790 e. The van der Waals surface area contributed by atoms with Gasteiger partial charge in [-0.25, -0.2) is 0 Å². The van der Waals surface area contributed by atoms with E-state index < -0.39 is 0 Å². The topological polar surface area (TPSA) is 0 Å². The first kappa shape index (κ1) is 3.36. The fourth-order valence-electron chi connectivity index (χ4n) is 1.10. The van der Waals surface area contributed by atoms with Gasteiger partial charge in [-0.2, -0.15) is 11.8 Å². The quantitative estimate of drug-likeness (QED) is 0.444. The molecule has 0 amide bonds. The normalized spacial score (nSPS) is 52.0. The molecule has 0 aromatic carbocycles. The molecule has 1 heterocycles. The second-order valence-corrected chi connectivity index (χ2v) is 3.54. The van der Waals surface area contributed by atoms with Crippen LogP contribution in [-0.4, -0.2) is 11.0 Å². The van der Waals surface area contributed by atoms with E-state index in [1.54, 1.807) is 6.42 Å². The molecule has 2 rings (SSSR count). The van der Waals surface area contributed by atoms with Crippen LogP contribution in [-0.2, 0) is 0 Å². The van der Waals surface area contributed by atoms with Crippen LogP contribution in [0.5, 0.6) is 0 Å². The van der Waals surface area contributed by atoms with Gasteiger partial charge >= 0.3 is 0 Å². The lowest BCUT2D eigenvalue weighted by Gasteiger charge is -1.81. The molecule has 2 aliphatic rings. The number of hydrogen-bond acceptors (Lipinski definition) is 1. The minimum atomic E-state index is 1.13. The highest BCUT2D eigenvalue weighted by Gasteiger charge is 2.41. The largest absolute Gasteiger partial charge is 0.158 e. The summed E-state index contributed by atoms with van der Waals surface area (Å²) in [6, 6.07) is 0. The molecule has 6 heavy (non-hydrogen) atoms. The van der Waals surface area contributed by atoms with Gasteiger partial charge in [-0.1, -0.05) is 0 Å². The second-order valence-electron chi connectivity index (χ2n) is 2.19.